The third-order valence-electron chi connectivity index (χ3n) is 4.71. The molecule has 1 fully saturated rings. The summed E-state index contributed by atoms with van der Waals surface area (Å²) in [5, 5.41) is 6.83. The lowest BCUT2D eigenvalue weighted by Gasteiger charge is -2.34. The maximum absolute atomic E-state index is 12.5. The van der Waals surface area contributed by atoms with E-state index in [0.717, 1.165) is 50.9 Å². The molecule has 6 nitrogen and oxygen atoms in total. The van der Waals surface area contributed by atoms with Gasteiger partial charge in [0, 0.05) is 30.6 Å². The first-order valence-electron chi connectivity index (χ1n) is 7.94. The fourth-order valence-corrected chi connectivity index (χ4v) is 3.36. The van der Waals surface area contributed by atoms with E-state index in [0.29, 0.717) is 11.8 Å². The second-order valence-corrected chi connectivity index (χ2v) is 6.15. The quantitative estimate of drug-likeness (QED) is 0.830. The second-order valence-electron chi connectivity index (χ2n) is 6.15. The highest BCUT2D eigenvalue weighted by molar-refractivity contribution is 5.90. The molecule has 0 radical (unpaired) electrons. The van der Waals surface area contributed by atoms with Gasteiger partial charge in [0.1, 0.15) is 5.69 Å². The van der Waals surface area contributed by atoms with Crippen LogP contribution in [-0.4, -0.2) is 40.0 Å². The van der Waals surface area contributed by atoms with Gasteiger partial charge in [-0.15, -0.1) is 0 Å². The molecule has 1 aliphatic heterocycles. The van der Waals surface area contributed by atoms with Gasteiger partial charge in [-0.05, 0) is 38.2 Å². The van der Waals surface area contributed by atoms with Gasteiger partial charge in [0.2, 0.25) is 5.91 Å². The highest BCUT2D eigenvalue weighted by atomic mass is 16.2. The summed E-state index contributed by atoms with van der Waals surface area (Å²) in [7, 11) is 0. The molecule has 3 rings (SSSR count). The third kappa shape index (κ3) is 3.05. The highest BCUT2D eigenvalue weighted by Gasteiger charge is 2.29. The SMILES string of the molecule is NC(=O)c1cc(C2CCN(C(=O)[C@@H]3CC=CCC3)CC2)[nH]n1. The van der Waals surface area contributed by atoms with E-state index in [-0.39, 0.29) is 11.6 Å². The van der Waals surface area contributed by atoms with E-state index >= 15 is 0 Å². The van der Waals surface area contributed by atoms with E-state index in [1.807, 2.05) is 4.90 Å². The number of nitrogens with two attached hydrogens (primary N) is 1. The number of carbonyl (C=O) groups is 2. The van der Waals surface area contributed by atoms with Crippen LogP contribution in [0.2, 0.25) is 0 Å². The summed E-state index contributed by atoms with van der Waals surface area (Å²) in [5.41, 5.74) is 6.45. The summed E-state index contributed by atoms with van der Waals surface area (Å²) in [5.74, 6) is 0.261. The molecule has 1 aromatic rings. The van der Waals surface area contributed by atoms with Gasteiger partial charge in [-0.1, -0.05) is 12.2 Å². The number of piperidine rings is 1. The summed E-state index contributed by atoms with van der Waals surface area (Å²) in [6, 6.07) is 1.73. The van der Waals surface area contributed by atoms with Crippen molar-refractivity contribution in [3.63, 3.8) is 0 Å². The molecular weight excluding hydrogens is 280 g/mol. The number of H-pyrrole nitrogens is 1. The van der Waals surface area contributed by atoms with E-state index in [1.165, 1.54) is 0 Å². The van der Waals surface area contributed by atoms with Crippen LogP contribution in [0.25, 0.3) is 0 Å². The van der Waals surface area contributed by atoms with Crippen LogP contribution >= 0.6 is 0 Å². The largest absolute Gasteiger partial charge is 0.364 e. The lowest BCUT2D eigenvalue weighted by Crippen LogP contribution is -2.41. The molecule has 1 saturated heterocycles. The van der Waals surface area contributed by atoms with Crippen molar-refractivity contribution in [1.29, 1.82) is 0 Å². The molecule has 118 valence electrons. The van der Waals surface area contributed by atoms with Gasteiger partial charge in [-0.3, -0.25) is 14.7 Å². The van der Waals surface area contributed by atoms with Crippen molar-refractivity contribution >= 4 is 11.8 Å². The van der Waals surface area contributed by atoms with Crippen LogP contribution in [0.5, 0.6) is 0 Å². The second kappa shape index (κ2) is 6.34. The topological polar surface area (TPSA) is 92.1 Å². The van der Waals surface area contributed by atoms with Crippen LogP contribution < -0.4 is 5.73 Å². The molecule has 0 bridgehead atoms. The lowest BCUT2D eigenvalue weighted by molar-refractivity contribution is -0.136. The van der Waals surface area contributed by atoms with Gasteiger partial charge in [-0.25, -0.2) is 0 Å². The number of carbonyl (C=O) groups excluding carboxylic acids is 2. The van der Waals surface area contributed by atoms with E-state index in [1.54, 1.807) is 6.07 Å². The van der Waals surface area contributed by atoms with Crippen LogP contribution in [0, 0.1) is 5.92 Å². The first kappa shape index (κ1) is 14.8. The van der Waals surface area contributed by atoms with Gasteiger partial charge in [-0.2, -0.15) is 5.10 Å². The fraction of sp³-hybridized carbons (Fsp3) is 0.562. The average molecular weight is 302 g/mol. The monoisotopic (exact) mass is 302 g/mol. The van der Waals surface area contributed by atoms with Crippen LogP contribution in [-0.2, 0) is 4.79 Å². The zero-order valence-electron chi connectivity index (χ0n) is 12.6. The molecular formula is C16H22N4O2. The number of likely N-dealkylation sites (tertiary alicyclic amines) is 1. The molecule has 6 heteroatoms. The Labute approximate surface area is 129 Å². The molecule has 0 aromatic carbocycles. The van der Waals surface area contributed by atoms with Crippen LogP contribution in [0.15, 0.2) is 18.2 Å². The van der Waals surface area contributed by atoms with E-state index in [4.69, 9.17) is 5.73 Å². The third-order valence-corrected chi connectivity index (χ3v) is 4.71. The minimum atomic E-state index is -0.513. The zero-order chi connectivity index (χ0) is 15.5. The van der Waals surface area contributed by atoms with Crippen molar-refractivity contribution in [2.75, 3.05) is 13.1 Å². The minimum Gasteiger partial charge on any atom is -0.364 e. The highest BCUT2D eigenvalue weighted by Crippen LogP contribution is 2.29. The van der Waals surface area contributed by atoms with Gasteiger partial charge in [0.15, 0.2) is 0 Å². The van der Waals surface area contributed by atoms with Gasteiger partial charge < -0.3 is 10.6 Å². The number of allylic oxidation sites excluding steroid dienone is 2. The number of primary amides is 1. The Hall–Kier alpha value is -2.11. The molecule has 2 aliphatic rings. The Morgan fingerprint density at radius 2 is 2.00 bits per heavy atom. The molecule has 0 unspecified atom stereocenters. The Kier molecular flexibility index (Phi) is 4.27. The molecule has 1 atom stereocenters. The molecule has 1 aromatic heterocycles. The first-order valence-corrected chi connectivity index (χ1v) is 7.94. The number of hydrogen-bond acceptors (Lipinski definition) is 3. The Balaban J connectivity index is 1.56. The number of nitrogens with zero attached hydrogens (tertiary/aromatic N) is 2. The molecule has 0 saturated carbocycles. The normalized spacial score (nSPS) is 22.7. The summed E-state index contributed by atoms with van der Waals surface area (Å²) in [4.78, 5) is 25.6. The van der Waals surface area contributed by atoms with Gasteiger partial charge >= 0.3 is 0 Å². The summed E-state index contributed by atoms with van der Waals surface area (Å²) >= 11 is 0. The van der Waals surface area contributed by atoms with E-state index < -0.39 is 5.91 Å². The maximum atomic E-state index is 12.5. The van der Waals surface area contributed by atoms with E-state index in [2.05, 4.69) is 22.3 Å². The molecule has 3 N–H and O–H groups in total. The van der Waals surface area contributed by atoms with Crippen molar-refractivity contribution in [2.45, 2.75) is 38.0 Å². The number of aromatic nitrogens is 2. The van der Waals surface area contributed by atoms with Crippen molar-refractivity contribution in [3.05, 3.63) is 29.6 Å². The standard InChI is InChI=1S/C16H22N4O2/c17-15(21)14-10-13(18-19-14)11-6-8-20(9-7-11)16(22)12-4-2-1-3-5-12/h1-2,10-12H,3-9H2,(H2,17,21)(H,18,19)/t12-/m1/s1. The summed E-state index contributed by atoms with van der Waals surface area (Å²) in [6.45, 7) is 1.54. The maximum Gasteiger partial charge on any atom is 0.269 e. The molecule has 2 heterocycles. The smallest absolute Gasteiger partial charge is 0.269 e. The van der Waals surface area contributed by atoms with E-state index in [9.17, 15) is 9.59 Å². The Bertz CT molecular complexity index is 585. The Morgan fingerprint density at radius 1 is 1.23 bits per heavy atom. The Morgan fingerprint density at radius 3 is 2.59 bits per heavy atom. The zero-order valence-corrected chi connectivity index (χ0v) is 12.6. The van der Waals surface area contributed by atoms with Crippen molar-refractivity contribution in [3.8, 4) is 0 Å². The molecule has 1 aliphatic carbocycles. The van der Waals surface area contributed by atoms with Crippen molar-refractivity contribution in [2.24, 2.45) is 11.7 Å². The lowest BCUT2D eigenvalue weighted by atomic mass is 9.89. The van der Waals surface area contributed by atoms with Crippen molar-refractivity contribution < 1.29 is 9.59 Å². The van der Waals surface area contributed by atoms with Crippen molar-refractivity contribution in [1.82, 2.24) is 15.1 Å². The summed E-state index contributed by atoms with van der Waals surface area (Å²) in [6.07, 6.45) is 8.93. The van der Waals surface area contributed by atoms with Crippen LogP contribution in [0.4, 0.5) is 0 Å². The summed E-state index contributed by atoms with van der Waals surface area (Å²) < 4.78 is 0. The molecule has 22 heavy (non-hydrogen) atoms. The number of hydrogen-bond donors (Lipinski definition) is 2. The minimum absolute atomic E-state index is 0.162. The van der Waals surface area contributed by atoms with Crippen LogP contribution in [0.1, 0.15) is 54.2 Å². The predicted octanol–water partition coefficient (Wildman–Crippen LogP) is 1.57. The fourth-order valence-electron chi connectivity index (χ4n) is 3.36. The number of amides is 2. The first-order chi connectivity index (χ1) is 10.6. The van der Waals surface area contributed by atoms with Gasteiger partial charge in [0.05, 0.1) is 0 Å². The molecule has 0 spiro atoms. The van der Waals surface area contributed by atoms with Gasteiger partial charge in [0.25, 0.3) is 5.91 Å². The number of aromatic amines is 1. The van der Waals surface area contributed by atoms with Crippen LogP contribution in [0.3, 0.4) is 0 Å². The predicted molar refractivity (Wildman–Crippen MR) is 82.1 cm³/mol. The number of nitrogens with one attached hydrogen (secondary N) is 1. The number of rotatable bonds is 3. The molecule has 2 amide bonds. The average Bonchev–Trinajstić information content (AvgIpc) is 3.05.